The molecule has 0 aliphatic carbocycles. The average Bonchev–Trinajstić information content (AvgIpc) is 3.17. The second kappa shape index (κ2) is 7.50. The van der Waals surface area contributed by atoms with E-state index < -0.39 is 0 Å². The molecule has 4 rings (SSSR count). The van der Waals surface area contributed by atoms with E-state index in [9.17, 15) is 5.26 Å². The van der Waals surface area contributed by atoms with Gasteiger partial charge in [-0.15, -0.1) is 0 Å². The molecule has 0 saturated carbocycles. The van der Waals surface area contributed by atoms with Crippen molar-refractivity contribution in [2.75, 3.05) is 36.9 Å². The Bertz CT molecular complexity index is 1090. The fourth-order valence-corrected chi connectivity index (χ4v) is 3.15. The summed E-state index contributed by atoms with van der Waals surface area (Å²) in [6.07, 6.45) is 8.87. The van der Waals surface area contributed by atoms with Crippen molar-refractivity contribution in [2.45, 2.75) is 0 Å². The van der Waals surface area contributed by atoms with Crippen molar-refractivity contribution in [1.29, 1.82) is 5.26 Å². The number of rotatable bonds is 4. The monoisotopic (exact) mass is 373 g/mol. The predicted molar refractivity (Wildman–Crippen MR) is 108 cm³/mol. The van der Waals surface area contributed by atoms with Gasteiger partial charge in [-0.05, 0) is 12.1 Å². The van der Waals surface area contributed by atoms with Crippen LogP contribution in [-0.4, -0.2) is 45.9 Å². The van der Waals surface area contributed by atoms with E-state index in [0.717, 1.165) is 16.8 Å². The largest absolute Gasteiger partial charge is 0.382 e. The normalized spacial score (nSPS) is 14.5. The summed E-state index contributed by atoms with van der Waals surface area (Å²) in [5.74, 6) is 0.842. The van der Waals surface area contributed by atoms with Gasteiger partial charge in [-0.2, -0.15) is 14.9 Å². The van der Waals surface area contributed by atoms with Gasteiger partial charge in [-0.1, -0.05) is 24.8 Å². The van der Waals surface area contributed by atoms with Gasteiger partial charge in [0, 0.05) is 30.4 Å². The molecule has 140 valence electrons. The van der Waals surface area contributed by atoms with Crippen LogP contribution in [-0.2, 0) is 4.74 Å². The molecule has 1 saturated heterocycles. The van der Waals surface area contributed by atoms with Crippen molar-refractivity contribution in [3.05, 3.63) is 54.5 Å². The lowest BCUT2D eigenvalue weighted by Crippen LogP contribution is -2.37. The highest BCUT2D eigenvalue weighted by molar-refractivity contribution is 5.81. The summed E-state index contributed by atoms with van der Waals surface area (Å²) < 4.78 is 6.91. The first-order chi connectivity index (χ1) is 13.7. The SMILES string of the molecule is C=C/C=C\c1ccc(-c2cnn3c(N)c(C#N)c(N4CCOCC4)nc23)cn1. The summed E-state index contributed by atoms with van der Waals surface area (Å²) in [5, 5.41) is 14.0. The lowest BCUT2D eigenvalue weighted by Gasteiger charge is -2.28. The van der Waals surface area contributed by atoms with Crippen LogP contribution in [0.15, 0.2) is 43.3 Å². The van der Waals surface area contributed by atoms with Gasteiger partial charge in [0.15, 0.2) is 11.5 Å². The first-order valence-electron chi connectivity index (χ1n) is 8.88. The summed E-state index contributed by atoms with van der Waals surface area (Å²) >= 11 is 0. The number of hydrogen-bond acceptors (Lipinski definition) is 7. The number of nitrogen functional groups attached to an aromatic ring is 1. The lowest BCUT2D eigenvalue weighted by atomic mass is 10.1. The number of morpholine rings is 1. The van der Waals surface area contributed by atoms with Gasteiger partial charge in [0.25, 0.3) is 0 Å². The van der Waals surface area contributed by atoms with E-state index in [4.69, 9.17) is 15.5 Å². The molecule has 28 heavy (non-hydrogen) atoms. The van der Waals surface area contributed by atoms with Crippen molar-refractivity contribution < 1.29 is 4.74 Å². The fraction of sp³-hybridized carbons (Fsp3) is 0.200. The van der Waals surface area contributed by atoms with Crippen molar-refractivity contribution in [3.8, 4) is 17.2 Å². The number of nitrogens with two attached hydrogens (primary N) is 1. The van der Waals surface area contributed by atoms with Crippen molar-refractivity contribution in [3.63, 3.8) is 0 Å². The lowest BCUT2D eigenvalue weighted by molar-refractivity contribution is 0.122. The number of aromatic nitrogens is 4. The molecule has 8 nitrogen and oxygen atoms in total. The molecule has 1 fully saturated rings. The van der Waals surface area contributed by atoms with Crippen LogP contribution in [0.3, 0.4) is 0 Å². The number of hydrogen-bond donors (Lipinski definition) is 1. The van der Waals surface area contributed by atoms with Crippen LogP contribution in [0.25, 0.3) is 22.9 Å². The number of ether oxygens (including phenoxy) is 1. The fourth-order valence-electron chi connectivity index (χ4n) is 3.15. The third kappa shape index (κ3) is 3.08. The molecule has 0 radical (unpaired) electrons. The summed E-state index contributed by atoms with van der Waals surface area (Å²) in [6, 6.07) is 6.04. The minimum atomic E-state index is 0.277. The Labute approximate surface area is 162 Å². The Kier molecular flexibility index (Phi) is 4.74. The Balaban J connectivity index is 1.82. The first kappa shape index (κ1) is 17.7. The predicted octanol–water partition coefficient (Wildman–Crippen LogP) is 2.28. The maximum Gasteiger partial charge on any atom is 0.167 e. The zero-order valence-electron chi connectivity index (χ0n) is 15.2. The molecule has 4 heterocycles. The molecule has 0 unspecified atom stereocenters. The zero-order chi connectivity index (χ0) is 19.5. The molecular formula is C20H19N7O. The van der Waals surface area contributed by atoms with Crippen molar-refractivity contribution in [2.24, 2.45) is 0 Å². The van der Waals surface area contributed by atoms with Gasteiger partial charge >= 0.3 is 0 Å². The summed E-state index contributed by atoms with van der Waals surface area (Å²) in [5.41, 5.74) is 9.67. The third-order valence-electron chi connectivity index (χ3n) is 4.59. The molecule has 3 aromatic rings. The van der Waals surface area contributed by atoms with Gasteiger partial charge in [0.05, 0.1) is 25.1 Å². The minimum absolute atomic E-state index is 0.277. The first-order valence-corrected chi connectivity index (χ1v) is 8.88. The van der Waals surface area contributed by atoms with Crippen LogP contribution >= 0.6 is 0 Å². The zero-order valence-corrected chi connectivity index (χ0v) is 15.2. The van der Waals surface area contributed by atoms with E-state index in [1.807, 2.05) is 29.2 Å². The van der Waals surface area contributed by atoms with Crippen LogP contribution in [0.1, 0.15) is 11.3 Å². The molecule has 0 spiro atoms. The molecule has 2 N–H and O–H groups in total. The van der Waals surface area contributed by atoms with Gasteiger partial charge in [0.1, 0.15) is 17.5 Å². The van der Waals surface area contributed by atoms with E-state index in [1.54, 1.807) is 18.5 Å². The highest BCUT2D eigenvalue weighted by atomic mass is 16.5. The summed E-state index contributed by atoms with van der Waals surface area (Å²) in [4.78, 5) is 11.2. The summed E-state index contributed by atoms with van der Waals surface area (Å²) in [6.45, 7) is 6.16. The quantitative estimate of drug-likeness (QED) is 0.699. The molecule has 0 aromatic carbocycles. The standard InChI is InChI=1S/C20H19N7O/c1-2-3-4-15-6-5-14(12-23-15)17-13-24-27-18(22)16(11-21)19(25-20(17)27)26-7-9-28-10-8-26/h2-6,12-13H,1,7-10,22H2/b4-3-. The Morgan fingerprint density at radius 1 is 1.25 bits per heavy atom. The van der Waals surface area contributed by atoms with Gasteiger partial charge in [0.2, 0.25) is 0 Å². The smallest absolute Gasteiger partial charge is 0.167 e. The number of nitrogens with zero attached hydrogens (tertiary/aromatic N) is 6. The van der Waals surface area contributed by atoms with E-state index >= 15 is 0 Å². The molecule has 0 atom stereocenters. The van der Waals surface area contributed by atoms with E-state index in [0.29, 0.717) is 43.3 Å². The van der Waals surface area contributed by atoms with Crippen LogP contribution in [0.4, 0.5) is 11.6 Å². The number of nitriles is 1. The number of fused-ring (bicyclic) bond motifs is 1. The van der Waals surface area contributed by atoms with Gasteiger partial charge in [-0.25, -0.2) is 4.98 Å². The van der Waals surface area contributed by atoms with E-state index in [2.05, 4.69) is 22.7 Å². The van der Waals surface area contributed by atoms with Crippen LogP contribution in [0.2, 0.25) is 0 Å². The Morgan fingerprint density at radius 3 is 2.75 bits per heavy atom. The van der Waals surface area contributed by atoms with E-state index in [-0.39, 0.29) is 5.82 Å². The second-order valence-corrected chi connectivity index (χ2v) is 6.27. The Morgan fingerprint density at radius 2 is 2.07 bits per heavy atom. The highest BCUT2D eigenvalue weighted by Crippen LogP contribution is 2.30. The highest BCUT2D eigenvalue weighted by Gasteiger charge is 2.22. The molecule has 1 aliphatic heterocycles. The number of anilines is 2. The molecule has 0 bridgehead atoms. The number of allylic oxidation sites excluding steroid dienone is 2. The maximum atomic E-state index is 9.62. The average molecular weight is 373 g/mol. The molecular weight excluding hydrogens is 354 g/mol. The third-order valence-corrected chi connectivity index (χ3v) is 4.59. The molecule has 8 heteroatoms. The van der Waals surface area contributed by atoms with Gasteiger partial charge in [-0.3, -0.25) is 4.98 Å². The molecule has 3 aromatic heterocycles. The minimum Gasteiger partial charge on any atom is -0.382 e. The van der Waals surface area contributed by atoms with Crippen molar-refractivity contribution in [1.82, 2.24) is 19.6 Å². The molecule has 1 aliphatic rings. The maximum absolute atomic E-state index is 9.62. The van der Waals surface area contributed by atoms with Crippen LogP contribution < -0.4 is 10.6 Å². The topological polar surface area (TPSA) is 105 Å². The van der Waals surface area contributed by atoms with Crippen molar-refractivity contribution >= 4 is 23.4 Å². The second-order valence-electron chi connectivity index (χ2n) is 6.27. The molecule has 0 amide bonds. The Hall–Kier alpha value is -3.70. The van der Waals surface area contributed by atoms with E-state index in [1.165, 1.54) is 4.52 Å². The number of pyridine rings is 1. The van der Waals surface area contributed by atoms with Crippen LogP contribution in [0, 0.1) is 11.3 Å². The van der Waals surface area contributed by atoms with Gasteiger partial charge < -0.3 is 15.4 Å². The summed E-state index contributed by atoms with van der Waals surface area (Å²) in [7, 11) is 0. The van der Waals surface area contributed by atoms with Crippen LogP contribution in [0.5, 0.6) is 0 Å².